The first kappa shape index (κ1) is 31.7. The van der Waals surface area contributed by atoms with Crippen LogP contribution in [0.25, 0.3) is 44.2 Å². The van der Waals surface area contributed by atoms with Crippen molar-refractivity contribution in [2.45, 2.75) is 70.9 Å². The highest BCUT2D eigenvalue weighted by Crippen LogP contribution is 2.39. The largest absolute Gasteiger partial charge is 0.399 e. The summed E-state index contributed by atoms with van der Waals surface area (Å²) in [5.74, 6) is 0. The van der Waals surface area contributed by atoms with E-state index >= 15 is 0 Å². The first-order chi connectivity index (χ1) is 24.6. The third-order valence-electron chi connectivity index (χ3n) is 10.3. The van der Waals surface area contributed by atoms with Gasteiger partial charge in [0.05, 0.1) is 40.7 Å². The van der Waals surface area contributed by atoms with Crippen LogP contribution in [0.1, 0.15) is 55.5 Å². The average molecular weight is 661 g/mol. The van der Waals surface area contributed by atoms with Gasteiger partial charge in [-0.15, -0.1) is 5.10 Å². The molecule has 2 aliphatic carbocycles. The lowest BCUT2D eigenvalue weighted by Gasteiger charge is -2.24. The summed E-state index contributed by atoms with van der Waals surface area (Å²) in [4.78, 5) is 4.99. The minimum Gasteiger partial charge on any atom is -0.399 e. The standard InChI is InChI=1S/C42H44N8/c43-30-19-21-33-34-22-20-31(44)27-40(34)49(42(37(33)26-30)29-12-4-3-5-13-29)24-11-2-1-6-14-32-28-46-48-50(32)25-23-45-41-35-15-7-9-17-38(35)47-39-18-10-8-16-36(39)41/h3-5,7,9,12-13,15,17,19-22,26-28,44H,1-2,6,8,10-11,14,16,18,23-25,43H2,(H,45,47). The van der Waals surface area contributed by atoms with Crippen molar-refractivity contribution >= 4 is 33.1 Å². The van der Waals surface area contributed by atoms with Crippen LogP contribution in [0, 0.1) is 5.41 Å². The molecule has 0 saturated carbocycles. The van der Waals surface area contributed by atoms with Gasteiger partial charge in [0.25, 0.3) is 0 Å². The number of fused-ring (bicyclic) bond motifs is 5. The number of unbranched alkanes of at least 4 members (excludes halogenated alkanes) is 3. The molecule has 0 atom stereocenters. The number of aromatic nitrogens is 5. The molecule has 3 aliphatic rings. The number of rotatable bonds is 12. The van der Waals surface area contributed by atoms with E-state index in [1.807, 2.05) is 24.4 Å². The monoisotopic (exact) mass is 660 g/mol. The Kier molecular flexibility index (Phi) is 8.99. The Morgan fingerprint density at radius 1 is 0.780 bits per heavy atom. The lowest BCUT2D eigenvalue weighted by atomic mass is 9.92. The second-order valence-electron chi connectivity index (χ2n) is 13.6. The number of nitrogen functional groups attached to an aromatic ring is 1. The van der Waals surface area contributed by atoms with Crippen LogP contribution in [0.4, 0.5) is 11.4 Å². The number of para-hydroxylation sites is 1. The van der Waals surface area contributed by atoms with Gasteiger partial charge in [-0.2, -0.15) is 0 Å². The quantitative estimate of drug-likeness (QED) is 0.0693. The average Bonchev–Trinajstić information content (AvgIpc) is 3.59. The molecule has 1 aliphatic heterocycles. The highest BCUT2D eigenvalue weighted by molar-refractivity contribution is 6.05. The van der Waals surface area contributed by atoms with E-state index in [4.69, 9.17) is 16.1 Å². The normalized spacial score (nSPS) is 12.9. The number of anilines is 2. The molecule has 0 spiro atoms. The summed E-state index contributed by atoms with van der Waals surface area (Å²) < 4.78 is 4.48. The van der Waals surface area contributed by atoms with Crippen molar-refractivity contribution in [3.8, 4) is 22.5 Å². The molecule has 2 aromatic heterocycles. The molecule has 8 heteroatoms. The van der Waals surface area contributed by atoms with Crippen molar-refractivity contribution in [2.24, 2.45) is 0 Å². The van der Waals surface area contributed by atoms with E-state index in [-0.39, 0.29) is 0 Å². The third-order valence-corrected chi connectivity index (χ3v) is 10.3. The fraction of sp³-hybridized carbons (Fsp3) is 0.286. The summed E-state index contributed by atoms with van der Waals surface area (Å²) in [6.07, 6.45) is 11.9. The maximum Gasteiger partial charge on any atom is 0.0726 e. The fourth-order valence-electron chi connectivity index (χ4n) is 7.83. The lowest BCUT2D eigenvalue weighted by Crippen LogP contribution is -2.17. The zero-order valence-corrected chi connectivity index (χ0v) is 28.5. The molecule has 0 radical (unpaired) electrons. The lowest BCUT2D eigenvalue weighted by molar-refractivity contribution is 0.548. The van der Waals surface area contributed by atoms with E-state index < -0.39 is 0 Å². The topological polar surface area (TPSA) is 110 Å². The van der Waals surface area contributed by atoms with E-state index in [9.17, 15) is 0 Å². The molecule has 3 heterocycles. The van der Waals surface area contributed by atoms with Crippen molar-refractivity contribution in [1.82, 2.24) is 24.5 Å². The van der Waals surface area contributed by atoms with Gasteiger partial charge in [-0.05, 0) is 91.8 Å². The molecule has 8 nitrogen and oxygen atoms in total. The van der Waals surface area contributed by atoms with Crippen molar-refractivity contribution in [3.63, 3.8) is 0 Å². The summed E-state index contributed by atoms with van der Waals surface area (Å²) in [5.41, 5.74) is 17.8. The SMILES string of the molecule is N=c1ccc2c3ccc(N)cc3c(-c3ccccc3)n(CCCCCCc3cnnn3CCNc3c4c(nc5ccccc35)CCCC4)c-2c1. The first-order valence-corrected chi connectivity index (χ1v) is 18.1. The summed E-state index contributed by atoms with van der Waals surface area (Å²) in [6, 6.07) is 31.2. The minimum absolute atomic E-state index is 0.522. The van der Waals surface area contributed by atoms with Gasteiger partial charge >= 0.3 is 0 Å². The number of nitrogens with two attached hydrogens (primary N) is 1. The molecule has 8 rings (SSSR count). The van der Waals surface area contributed by atoms with Crippen LogP contribution in [0.5, 0.6) is 0 Å². The predicted octanol–water partition coefficient (Wildman–Crippen LogP) is 8.41. The van der Waals surface area contributed by atoms with E-state index in [1.54, 1.807) is 0 Å². The Morgan fingerprint density at radius 2 is 1.62 bits per heavy atom. The van der Waals surface area contributed by atoms with Crippen LogP contribution < -0.4 is 16.4 Å². The zero-order valence-electron chi connectivity index (χ0n) is 28.5. The summed E-state index contributed by atoms with van der Waals surface area (Å²) in [7, 11) is 0. The van der Waals surface area contributed by atoms with Gasteiger partial charge in [-0.1, -0.05) is 78.7 Å². The Morgan fingerprint density at radius 3 is 2.54 bits per heavy atom. The van der Waals surface area contributed by atoms with Crippen LogP contribution in [0.15, 0.2) is 97.2 Å². The summed E-state index contributed by atoms with van der Waals surface area (Å²) >= 11 is 0. The van der Waals surface area contributed by atoms with Crippen LogP contribution in [0.3, 0.4) is 0 Å². The summed E-state index contributed by atoms with van der Waals surface area (Å²) in [6.45, 7) is 2.44. The number of hydrogen-bond donors (Lipinski definition) is 3. The molecule has 3 aromatic carbocycles. The summed E-state index contributed by atoms with van der Waals surface area (Å²) in [5, 5.41) is 25.0. The van der Waals surface area contributed by atoms with Crippen LogP contribution in [-0.4, -0.2) is 31.1 Å². The van der Waals surface area contributed by atoms with Gasteiger partial charge in [-0.25, -0.2) is 4.68 Å². The van der Waals surface area contributed by atoms with Crippen molar-refractivity contribution in [1.29, 1.82) is 5.41 Å². The second-order valence-corrected chi connectivity index (χ2v) is 13.6. The minimum atomic E-state index is 0.522. The highest BCUT2D eigenvalue weighted by atomic mass is 15.4. The fourth-order valence-corrected chi connectivity index (χ4v) is 7.83. The van der Waals surface area contributed by atoms with Gasteiger partial charge in [0, 0.05) is 46.5 Å². The number of pyridine rings is 2. The Balaban J connectivity index is 0.924. The van der Waals surface area contributed by atoms with E-state index in [1.165, 1.54) is 46.3 Å². The molecule has 0 saturated heterocycles. The van der Waals surface area contributed by atoms with Crippen LogP contribution in [0.2, 0.25) is 0 Å². The molecule has 0 unspecified atom stereocenters. The van der Waals surface area contributed by atoms with E-state index in [0.717, 1.165) is 104 Å². The van der Waals surface area contributed by atoms with Crippen molar-refractivity contribution in [3.05, 3.63) is 120 Å². The zero-order chi connectivity index (χ0) is 33.9. The maximum atomic E-state index is 8.45. The number of nitrogens with one attached hydrogen (secondary N) is 2. The number of aryl methyl sites for hydroxylation is 2. The maximum absolute atomic E-state index is 8.45. The molecule has 5 aromatic rings. The number of nitrogens with zero attached hydrogens (tertiary/aromatic N) is 5. The third kappa shape index (κ3) is 6.33. The Bertz CT molecular complexity index is 2300. The number of benzene rings is 4. The van der Waals surface area contributed by atoms with Gasteiger partial charge in [0.15, 0.2) is 0 Å². The van der Waals surface area contributed by atoms with E-state index in [0.29, 0.717) is 5.36 Å². The Hall–Kier alpha value is -5.50. The molecule has 0 amide bonds. The molecule has 0 fully saturated rings. The molecular weight excluding hydrogens is 617 g/mol. The van der Waals surface area contributed by atoms with Crippen LogP contribution >= 0.6 is 0 Å². The predicted molar refractivity (Wildman–Crippen MR) is 203 cm³/mol. The van der Waals surface area contributed by atoms with Gasteiger partial charge in [0.1, 0.15) is 0 Å². The second kappa shape index (κ2) is 14.2. The molecular formula is C42H44N8. The smallest absolute Gasteiger partial charge is 0.0726 e. The Labute approximate surface area is 292 Å². The van der Waals surface area contributed by atoms with Gasteiger partial charge in [-0.3, -0.25) is 4.98 Å². The molecule has 4 N–H and O–H groups in total. The molecule has 0 bridgehead atoms. The highest BCUT2D eigenvalue weighted by Gasteiger charge is 2.20. The van der Waals surface area contributed by atoms with Crippen molar-refractivity contribution < 1.29 is 0 Å². The van der Waals surface area contributed by atoms with Gasteiger partial charge in [0.2, 0.25) is 0 Å². The number of hydrogen-bond acceptors (Lipinski definition) is 6. The van der Waals surface area contributed by atoms with Crippen molar-refractivity contribution in [2.75, 3.05) is 17.6 Å². The molecule has 50 heavy (non-hydrogen) atoms. The van der Waals surface area contributed by atoms with Crippen LogP contribution in [-0.2, 0) is 32.4 Å². The van der Waals surface area contributed by atoms with E-state index in [2.05, 4.69) is 97.7 Å². The molecule has 252 valence electrons. The first-order valence-electron chi connectivity index (χ1n) is 18.1. The van der Waals surface area contributed by atoms with Gasteiger partial charge < -0.3 is 21.0 Å².